The van der Waals surface area contributed by atoms with Crippen LogP contribution >= 0.6 is 0 Å². The lowest BCUT2D eigenvalue weighted by Crippen LogP contribution is -2.41. The first kappa shape index (κ1) is 9.87. The summed E-state index contributed by atoms with van der Waals surface area (Å²) in [5.41, 5.74) is 6.68. The molecule has 2 aliphatic heterocycles. The van der Waals surface area contributed by atoms with Crippen molar-refractivity contribution in [3.63, 3.8) is 0 Å². The van der Waals surface area contributed by atoms with Crippen LogP contribution in [0.2, 0.25) is 0 Å². The Bertz CT molecular complexity index is 635. The minimum absolute atomic E-state index is 0.000786. The van der Waals surface area contributed by atoms with E-state index in [-0.39, 0.29) is 5.54 Å². The van der Waals surface area contributed by atoms with Crippen LogP contribution in [0, 0.1) is 0 Å². The molecule has 2 aliphatic rings. The number of hydrogen-bond acceptors (Lipinski definition) is 5. The topological polar surface area (TPSA) is 83.2 Å². The van der Waals surface area contributed by atoms with Gasteiger partial charge in [0.1, 0.15) is 29.2 Å². The summed E-state index contributed by atoms with van der Waals surface area (Å²) in [7, 11) is 0. The molecule has 6 heteroatoms. The van der Waals surface area contributed by atoms with Crippen molar-refractivity contribution in [3.8, 4) is 0 Å². The Morgan fingerprint density at radius 2 is 2.06 bits per heavy atom. The Morgan fingerprint density at radius 1 is 1.28 bits per heavy atom. The molecule has 2 aromatic rings. The highest BCUT2D eigenvalue weighted by atomic mass is 15.2. The van der Waals surface area contributed by atoms with Crippen LogP contribution in [0.15, 0.2) is 23.6 Å². The van der Waals surface area contributed by atoms with Crippen molar-refractivity contribution >= 4 is 22.7 Å². The van der Waals surface area contributed by atoms with E-state index in [2.05, 4.69) is 24.8 Å². The van der Waals surface area contributed by atoms with E-state index >= 15 is 0 Å². The zero-order chi connectivity index (χ0) is 12.2. The standard InChI is InChI=1S/C12H14N6/c13-11-12(17-11)2-5-18(6-3-12)10-8-1-4-14-9(8)15-7-16-10/h1,4,7H,2-3,5-6H2,(H2,13,17)(H,14,15,16). The zero-order valence-corrected chi connectivity index (χ0v) is 9.93. The number of nitrogens with one attached hydrogen (secondary N) is 1. The van der Waals surface area contributed by atoms with E-state index in [4.69, 9.17) is 5.73 Å². The van der Waals surface area contributed by atoms with Gasteiger partial charge in [-0.2, -0.15) is 0 Å². The van der Waals surface area contributed by atoms with Gasteiger partial charge in [-0.05, 0) is 18.9 Å². The van der Waals surface area contributed by atoms with Crippen LogP contribution in [-0.2, 0) is 0 Å². The van der Waals surface area contributed by atoms with Gasteiger partial charge in [0.15, 0.2) is 0 Å². The maximum absolute atomic E-state index is 5.79. The fourth-order valence-electron chi connectivity index (χ4n) is 2.77. The minimum Gasteiger partial charge on any atom is -0.385 e. The second-order valence-electron chi connectivity index (χ2n) is 4.95. The lowest BCUT2D eigenvalue weighted by atomic mass is 9.94. The highest BCUT2D eigenvalue weighted by molar-refractivity contribution is 6.02. The third-order valence-corrected chi connectivity index (χ3v) is 3.98. The summed E-state index contributed by atoms with van der Waals surface area (Å²) in [6, 6.07) is 2.02. The number of anilines is 1. The van der Waals surface area contributed by atoms with Gasteiger partial charge in [0.25, 0.3) is 0 Å². The number of H-pyrrole nitrogens is 1. The van der Waals surface area contributed by atoms with Gasteiger partial charge in [-0.15, -0.1) is 0 Å². The average Bonchev–Trinajstić information content (AvgIpc) is 2.83. The van der Waals surface area contributed by atoms with Gasteiger partial charge < -0.3 is 15.6 Å². The fraction of sp³-hybridized carbons (Fsp3) is 0.417. The number of piperidine rings is 1. The lowest BCUT2D eigenvalue weighted by molar-refractivity contribution is 0.484. The summed E-state index contributed by atoms with van der Waals surface area (Å²) in [4.78, 5) is 18.4. The van der Waals surface area contributed by atoms with Crippen molar-refractivity contribution in [2.75, 3.05) is 18.0 Å². The van der Waals surface area contributed by atoms with E-state index in [0.717, 1.165) is 48.6 Å². The van der Waals surface area contributed by atoms with Crippen LogP contribution in [-0.4, -0.2) is 39.4 Å². The number of rotatable bonds is 1. The summed E-state index contributed by atoms with van der Waals surface area (Å²) in [5, 5.41) is 1.08. The Morgan fingerprint density at radius 3 is 2.78 bits per heavy atom. The summed E-state index contributed by atoms with van der Waals surface area (Å²) in [6.07, 6.45) is 5.50. The van der Waals surface area contributed by atoms with Gasteiger partial charge in [0.05, 0.1) is 5.39 Å². The molecule has 2 aromatic heterocycles. The molecule has 18 heavy (non-hydrogen) atoms. The number of aromatic nitrogens is 3. The summed E-state index contributed by atoms with van der Waals surface area (Å²) >= 11 is 0. The average molecular weight is 242 g/mol. The van der Waals surface area contributed by atoms with Gasteiger partial charge in [-0.3, -0.25) is 4.99 Å². The molecule has 0 aliphatic carbocycles. The van der Waals surface area contributed by atoms with Crippen molar-refractivity contribution in [1.29, 1.82) is 0 Å². The molecule has 6 nitrogen and oxygen atoms in total. The normalized spacial score (nSPS) is 21.3. The lowest BCUT2D eigenvalue weighted by Gasteiger charge is -2.32. The number of amidine groups is 1. The molecule has 0 atom stereocenters. The van der Waals surface area contributed by atoms with Crippen LogP contribution in [0.3, 0.4) is 0 Å². The molecule has 3 N–H and O–H groups in total. The first-order chi connectivity index (χ1) is 8.78. The maximum atomic E-state index is 5.79. The van der Waals surface area contributed by atoms with Crippen LogP contribution in [0.1, 0.15) is 12.8 Å². The van der Waals surface area contributed by atoms with Gasteiger partial charge in [0.2, 0.25) is 0 Å². The van der Waals surface area contributed by atoms with Crippen molar-refractivity contribution in [2.45, 2.75) is 18.4 Å². The Labute approximate surface area is 104 Å². The van der Waals surface area contributed by atoms with E-state index in [9.17, 15) is 0 Å². The fourth-order valence-corrected chi connectivity index (χ4v) is 2.77. The molecule has 0 saturated carbocycles. The first-order valence-electron chi connectivity index (χ1n) is 6.17. The molecular formula is C12H14N6. The van der Waals surface area contributed by atoms with Crippen molar-refractivity contribution in [2.24, 2.45) is 10.7 Å². The second-order valence-corrected chi connectivity index (χ2v) is 4.95. The Kier molecular flexibility index (Phi) is 1.76. The molecule has 92 valence electrons. The number of nitrogens with two attached hydrogens (primary N) is 1. The number of aromatic amines is 1. The molecule has 0 unspecified atom stereocenters. The molecule has 0 radical (unpaired) electrons. The highest BCUT2D eigenvalue weighted by Gasteiger charge is 2.47. The highest BCUT2D eigenvalue weighted by Crippen LogP contribution is 2.38. The monoisotopic (exact) mass is 242 g/mol. The Hall–Kier alpha value is -2.11. The predicted molar refractivity (Wildman–Crippen MR) is 69.7 cm³/mol. The summed E-state index contributed by atoms with van der Waals surface area (Å²) in [6.45, 7) is 1.89. The third-order valence-electron chi connectivity index (χ3n) is 3.98. The van der Waals surface area contributed by atoms with E-state index in [1.165, 1.54) is 0 Å². The van der Waals surface area contributed by atoms with Crippen LogP contribution in [0.5, 0.6) is 0 Å². The molecule has 0 amide bonds. The second kappa shape index (κ2) is 3.22. The van der Waals surface area contributed by atoms with Crippen LogP contribution in [0.25, 0.3) is 11.0 Å². The molecular weight excluding hydrogens is 228 g/mol. The third kappa shape index (κ3) is 1.25. The molecule has 1 saturated heterocycles. The Balaban J connectivity index is 1.63. The zero-order valence-electron chi connectivity index (χ0n) is 9.93. The largest absolute Gasteiger partial charge is 0.385 e. The molecule has 0 aromatic carbocycles. The van der Waals surface area contributed by atoms with Gasteiger partial charge in [0, 0.05) is 19.3 Å². The quantitative estimate of drug-likeness (QED) is 0.769. The number of aliphatic imine (C=N–C) groups is 1. The summed E-state index contributed by atoms with van der Waals surface area (Å²) < 4.78 is 0. The SMILES string of the molecule is NC1=NC12CCN(c1ncnc3[nH]ccc13)CC2. The van der Waals surface area contributed by atoms with Crippen LogP contribution in [0.4, 0.5) is 5.82 Å². The number of hydrogen-bond donors (Lipinski definition) is 2. The predicted octanol–water partition coefficient (Wildman–Crippen LogP) is 0.668. The van der Waals surface area contributed by atoms with Gasteiger partial charge in [-0.1, -0.05) is 0 Å². The molecule has 4 rings (SSSR count). The van der Waals surface area contributed by atoms with Gasteiger partial charge in [-0.25, -0.2) is 9.97 Å². The van der Waals surface area contributed by atoms with E-state index < -0.39 is 0 Å². The summed E-state index contributed by atoms with van der Waals surface area (Å²) in [5.74, 6) is 1.84. The smallest absolute Gasteiger partial charge is 0.142 e. The molecule has 1 spiro atoms. The van der Waals surface area contributed by atoms with E-state index in [1.54, 1.807) is 6.33 Å². The number of nitrogens with zero attached hydrogens (tertiary/aromatic N) is 4. The molecule has 1 fully saturated rings. The molecule has 4 heterocycles. The number of fused-ring (bicyclic) bond motifs is 1. The molecule has 0 bridgehead atoms. The van der Waals surface area contributed by atoms with E-state index in [0.29, 0.717) is 0 Å². The van der Waals surface area contributed by atoms with Crippen molar-refractivity contribution in [3.05, 3.63) is 18.6 Å². The van der Waals surface area contributed by atoms with Crippen molar-refractivity contribution < 1.29 is 0 Å². The maximum Gasteiger partial charge on any atom is 0.142 e. The first-order valence-corrected chi connectivity index (χ1v) is 6.17. The van der Waals surface area contributed by atoms with Crippen molar-refractivity contribution in [1.82, 2.24) is 15.0 Å². The van der Waals surface area contributed by atoms with Crippen LogP contribution < -0.4 is 10.6 Å². The van der Waals surface area contributed by atoms with E-state index in [1.807, 2.05) is 12.3 Å². The minimum atomic E-state index is 0.000786. The van der Waals surface area contributed by atoms with Gasteiger partial charge >= 0.3 is 0 Å².